The van der Waals surface area contributed by atoms with Crippen molar-refractivity contribution in [2.75, 3.05) is 10.0 Å². The SMILES string of the molecule is Cc1cc(COc2ccc(NC(=O)c3ccc(-c4ccc(O)cc4)cc3)cc2F)cc(NS(=O)(=O)Cc2ccccc2C(=O)O)c1. The third-order valence-electron chi connectivity index (χ3n) is 6.94. The van der Waals surface area contributed by atoms with Gasteiger partial charge in [-0.3, -0.25) is 9.52 Å². The van der Waals surface area contributed by atoms with Crippen molar-refractivity contribution in [2.45, 2.75) is 19.3 Å². The van der Waals surface area contributed by atoms with Gasteiger partial charge in [0, 0.05) is 23.0 Å². The van der Waals surface area contributed by atoms with Gasteiger partial charge in [0.1, 0.15) is 12.4 Å². The molecule has 5 aromatic rings. The molecule has 0 fully saturated rings. The number of amides is 1. The minimum Gasteiger partial charge on any atom is -0.508 e. The molecule has 0 radical (unpaired) electrons. The molecule has 0 aromatic heterocycles. The van der Waals surface area contributed by atoms with Gasteiger partial charge in [0.2, 0.25) is 10.0 Å². The third-order valence-corrected chi connectivity index (χ3v) is 8.17. The van der Waals surface area contributed by atoms with Crippen LogP contribution in [0.4, 0.5) is 15.8 Å². The number of carbonyl (C=O) groups excluding carboxylic acids is 1. The van der Waals surface area contributed by atoms with E-state index in [1.54, 1.807) is 79.7 Å². The summed E-state index contributed by atoms with van der Waals surface area (Å²) >= 11 is 0. The van der Waals surface area contributed by atoms with E-state index < -0.39 is 33.5 Å². The van der Waals surface area contributed by atoms with Crippen LogP contribution in [0.2, 0.25) is 0 Å². The molecule has 0 spiro atoms. The van der Waals surface area contributed by atoms with Crippen LogP contribution in [0.15, 0.2) is 109 Å². The Kier molecular flexibility index (Phi) is 9.34. The number of aromatic carboxylic acids is 1. The number of halogens is 1. The first-order valence-corrected chi connectivity index (χ1v) is 15.7. The molecule has 0 heterocycles. The Morgan fingerprint density at radius 1 is 0.826 bits per heavy atom. The van der Waals surface area contributed by atoms with Crippen LogP contribution >= 0.6 is 0 Å². The molecule has 0 aliphatic rings. The van der Waals surface area contributed by atoms with Crippen LogP contribution in [0.3, 0.4) is 0 Å². The average molecular weight is 641 g/mol. The molecular weight excluding hydrogens is 611 g/mol. The zero-order valence-electron chi connectivity index (χ0n) is 24.5. The Bertz CT molecular complexity index is 2010. The first-order valence-electron chi connectivity index (χ1n) is 14.0. The Morgan fingerprint density at radius 2 is 1.50 bits per heavy atom. The minimum absolute atomic E-state index is 0.0647. The number of ether oxygens (including phenoxy) is 1. The predicted molar refractivity (Wildman–Crippen MR) is 173 cm³/mol. The lowest BCUT2D eigenvalue weighted by atomic mass is 10.0. The summed E-state index contributed by atoms with van der Waals surface area (Å²) in [4.78, 5) is 24.2. The van der Waals surface area contributed by atoms with E-state index in [4.69, 9.17) is 4.74 Å². The van der Waals surface area contributed by atoms with Crippen molar-refractivity contribution >= 4 is 33.3 Å². The predicted octanol–water partition coefficient (Wildman–Crippen LogP) is 6.98. The highest BCUT2D eigenvalue weighted by Gasteiger charge is 2.18. The summed E-state index contributed by atoms with van der Waals surface area (Å²) in [5.74, 6) is -2.79. The number of phenolic OH excluding ortho intramolecular Hbond substituents is 1. The van der Waals surface area contributed by atoms with E-state index in [0.717, 1.165) is 22.8 Å². The number of carboxylic acids is 1. The van der Waals surface area contributed by atoms with Crippen LogP contribution in [0.5, 0.6) is 11.5 Å². The first-order chi connectivity index (χ1) is 22.0. The maximum atomic E-state index is 14.9. The van der Waals surface area contributed by atoms with Crippen LogP contribution in [0.25, 0.3) is 11.1 Å². The number of sulfonamides is 1. The van der Waals surface area contributed by atoms with E-state index in [1.807, 2.05) is 0 Å². The molecule has 0 aliphatic carbocycles. The number of aromatic hydroxyl groups is 1. The highest BCUT2D eigenvalue weighted by molar-refractivity contribution is 7.91. The standard InChI is InChI=1S/C35H29FN2O7S/c1-22-16-23(18-29(17-22)38-46(43,44)21-27-4-2-3-5-31(27)35(41)42)20-45-33-15-12-28(19-32(33)36)37-34(40)26-8-6-24(7-9-26)25-10-13-30(39)14-11-25/h2-19,38-39H,20-21H2,1H3,(H,37,40)(H,41,42). The minimum atomic E-state index is -3.96. The fourth-order valence-electron chi connectivity index (χ4n) is 4.81. The van der Waals surface area contributed by atoms with Crippen LogP contribution in [-0.4, -0.2) is 30.5 Å². The largest absolute Gasteiger partial charge is 0.508 e. The van der Waals surface area contributed by atoms with Gasteiger partial charge >= 0.3 is 5.97 Å². The highest BCUT2D eigenvalue weighted by Crippen LogP contribution is 2.26. The highest BCUT2D eigenvalue weighted by atomic mass is 32.2. The molecule has 0 saturated heterocycles. The van der Waals surface area contributed by atoms with Crippen molar-refractivity contribution in [1.29, 1.82) is 0 Å². The molecule has 1 amide bonds. The summed E-state index contributed by atoms with van der Waals surface area (Å²) in [6.07, 6.45) is 0. The van der Waals surface area contributed by atoms with Gasteiger partial charge < -0.3 is 20.3 Å². The van der Waals surface area contributed by atoms with Crippen molar-refractivity contribution < 1.29 is 37.3 Å². The first kappa shape index (κ1) is 31.7. The van der Waals surface area contributed by atoms with Gasteiger partial charge in [-0.15, -0.1) is 0 Å². The van der Waals surface area contributed by atoms with Gasteiger partial charge in [0.25, 0.3) is 5.91 Å². The normalized spacial score (nSPS) is 11.1. The van der Waals surface area contributed by atoms with Gasteiger partial charge in [0.05, 0.1) is 11.3 Å². The fourth-order valence-corrected chi connectivity index (χ4v) is 6.02. The topological polar surface area (TPSA) is 142 Å². The number of carbonyl (C=O) groups is 2. The van der Waals surface area contributed by atoms with Crippen LogP contribution in [0, 0.1) is 12.7 Å². The number of carboxylic acid groups (broad SMARTS) is 1. The van der Waals surface area contributed by atoms with E-state index in [2.05, 4.69) is 10.0 Å². The van der Waals surface area contributed by atoms with Crippen LogP contribution in [0.1, 0.15) is 37.4 Å². The van der Waals surface area contributed by atoms with Gasteiger partial charge in [-0.2, -0.15) is 0 Å². The molecular formula is C35H29FN2O7S. The van der Waals surface area contributed by atoms with Crippen molar-refractivity contribution in [3.8, 4) is 22.6 Å². The molecule has 11 heteroatoms. The number of hydrogen-bond acceptors (Lipinski definition) is 6. The number of hydrogen-bond donors (Lipinski definition) is 4. The number of aryl methyl sites for hydroxylation is 1. The summed E-state index contributed by atoms with van der Waals surface area (Å²) in [6, 6.07) is 28.4. The third kappa shape index (κ3) is 8.07. The van der Waals surface area contributed by atoms with E-state index in [1.165, 1.54) is 30.3 Å². The lowest BCUT2D eigenvalue weighted by molar-refractivity contribution is 0.0695. The molecule has 0 aliphatic heterocycles. The van der Waals surface area contributed by atoms with E-state index in [-0.39, 0.29) is 40.6 Å². The summed E-state index contributed by atoms with van der Waals surface area (Å²) in [5, 5.41) is 21.5. The molecule has 9 nitrogen and oxygen atoms in total. The van der Waals surface area contributed by atoms with Crippen molar-refractivity contribution in [2.24, 2.45) is 0 Å². The average Bonchev–Trinajstić information content (AvgIpc) is 3.00. The van der Waals surface area contributed by atoms with Gasteiger partial charge in [-0.1, -0.05) is 48.5 Å². The number of benzene rings is 5. The van der Waals surface area contributed by atoms with Gasteiger partial charge in [-0.05, 0) is 89.3 Å². The maximum Gasteiger partial charge on any atom is 0.335 e. The summed E-state index contributed by atoms with van der Waals surface area (Å²) in [5.41, 5.74) is 3.94. The van der Waals surface area contributed by atoms with Crippen LogP contribution in [-0.2, 0) is 22.4 Å². The summed E-state index contributed by atoms with van der Waals surface area (Å²) < 4.78 is 48.8. The zero-order chi connectivity index (χ0) is 32.8. The molecule has 0 unspecified atom stereocenters. The molecule has 5 rings (SSSR count). The van der Waals surface area contributed by atoms with E-state index >= 15 is 0 Å². The van der Waals surface area contributed by atoms with Crippen molar-refractivity contribution in [3.63, 3.8) is 0 Å². The summed E-state index contributed by atoms with van der Waals surface area (Å²) in [6.45, 7) is 1.69. The maximum absolute atomic E-state index is 14.9. The van der Waals surface area contributed by atoms with Crippen LogP contribution < -0.4 is 14.8 Å². The molecule has 46 heavy (non-hydrogen) atoms. The molecule has 234 valence electrons. The van der Waals surface area contributed by atoms with E-state index in [0.29, 0.717) is 11.1 Å². The number of phenols is 1. The Balaban J connectivity index is 1.20. The summed E-state index contributed by atoms with van der Waals surface area (Å²) in [7, 11) is -3.96. The van der Waals surface area contributed by atoms with Crippen molar-refractivity contribution in [1.82, 2.24) is 0 Å². The number of rotatable bonds is 11. The second-order valence-corrected chi connectivity index (χ2v) is 12.3. The molecule has 0 atom stereocenters. The second kappa shape index (κ2) is 13.5. The van der Waals surface area contributed by atoms with E-state index in [9.17, 15) is 32.6 Å². The number of anilines is 2. The van der Waals surface area contributed by atoms with Crippen molar-refractivity contribution in [3.05, 3.63) is 143 Å². The van der Waals surface area contributed by atoms with Gasteiger partial charge in [0.15, 0.2) is 11.6 Å². The zero-order valence-corrected chi connectivity index (χ0v) is 25.3. The molecule has 5 aromatic carbocycles. The Hall–Kier alpha value is -5.68. The lowest BCUT2D eigenvalue weighted by Crippen LogP contribution is -2.17. The number of nitrogens with one attached hydrogen (secondary N) is 2. The monoisotopic (exact) mass is 640 g/mol. The van der Waals surface area contributed by atoms with Gasteiger partial charge in [-0.25, -0.2) is 17.6 Å². The quantitative estimate of drug-likeness (QED) is 0.122. The molecule has 0 bridgehead atoms. The Labute approximate surface area is 265 Å². The lowest BCUT2D eigenvalue weighted by Gasteiger charge is -2.13. The smallest absolute Gasteiger partial charge is 0.335 e. The second-order valence-electron chi connectivity index (χ2n) is 10.5. The molecule has 0 saturated carbocycles. The Morgan fingerprint density at radius 3 is 2.17 bits per heavy atom. The fraction of sp³-hybridized carbons (Fsp3) is 0.0857. The molecule has 4 N–H and O–H groups in total.